The predicted molar refractivity (Wildman–Crippen MR) is 118 cm³/mol. The number of halogens is 1. The molecule has 2 bridgehead atoms. The fourth-order valence-electron chi connectivity index (χ4n) is 5.10. The van der Waals surface area contributed by atoms with E-state index in [1.54, 1.807) is 18.3 Å². The van der Waals surface area contributed by atoms with E-state index >= 15 is 0 Å². The summed E-state index contributed by atoms with van der Waals surface area (Å²) >= 11 is 0. The van der Waals surface area contributed by atoms with Gasteiger partial charge < -0.3 is 9.88 Å². The van der Waals surface area contributed by atoms with Crippen LogP contribution >= 0.6 is 0 Å². The van der Waals surface area contributed by atoms with Crippen molar-refractivity contribution < 1.29 is 4.39 Å². The molecule has 2 fully saturated rings. The lowest BCUT2D eigenvalue weighted by molar-refractivity contribution is 0.167. The molecule has 2 aliphatic rings. The number of pyridine rings is 2. The van der Waals surface area contributed by atoms with Gasteiger partial charge in [0, 0.05) is 37.1 Å². The number of hydrogen-bond donors (Lipinski definition) is 1. The normalized spacial score (nSPS) is 20.8. The number of aromatic nitrogens is 2. The van der Waals surface area contributed by atoms with Crippen LogP contribution in [0.4, 0.5) is 10.2 Å². The molecule has 3 aromatic rings. The number of hydrogen-bond acceptors (Lipinski definition) is 5. The second-order valence-corrected chi connectivity index (χ2v) is 8.48. The van der Waals surface area contributed by atoms with E-state index in [-0.39, 0.29) is 10.9 Å². The van der Waals surface area contributed by atoms with Crippen molar-refractivity contribution in [2.45, 2.75) is 37.8 Å². The van der Waals surface area contributed by atoms with Crippen LogP contribution < -0.4 is 10.5 Å². The molecule has 158 valence electrons. The van der Waals surface area contributed by atoms with Gasteiger partial charge in [-0.1, -0.05) is 12.1 Å². The van der Waals surface area contributed by atoms with Crippen LogP contribution in [0.2, 0.25) is 0 Å². The maximum atomic E-state index is 13.9. The van der Waals surface area contributed by atoms with Gasteiger partial charge in [-0.25, -0.2) is 9.37 Å². The van der Waals surface area contributed by atoms with E-state index in [2.05, 4.69) is 25.8 Å². The van der Waals surface area contributed by atoms with Gasteiger partial charge in [-0.05, 0) is 61.9 Å². The highest BCUT2D eigenvalue weighted by atomic mass is 19.1. The summed E-state index contributed by atoms with van der Waals surface area (Å²) in [5.74, 6) is 0.466. The Labute approximate surface area is 179 Å². The Morgan fingerprint density at radius 2 is 2.00 bits per heavy atom. The molecule has 0 aliphatic carbocycles. The maximum absolute atomic E-state index is 13.9. The number of anilines is 1. The number of nitrogens with zero attached hydrogens (tertiary/aromatic N) is 4. The molecule has 0 saturated carbocycles. The quantitative estimate of drug-likeness (QED) is 0.690. The molecule has 7 heteroatoms. The summed E-state index contributed by atoms with van der Waals surface area (Å²) in [4.78, 5) is 24.5. The van der Waals surface area contributed by atoms with Crippen molar-refractivity contribution in [1.29, 1.82) is 5.26 Å². The number of aromatic amines is 1. The van der Waals surface area contributed by atoms with E-state index in [0.29, 0.717) is 23.0 Å². The van der Waals surface area contributed by atoms with Crippen LogP contribution in [-0.4, -0.2) is 46.6 Å². The number of piperazine rings is 1. The topological polar surface area (TPSA) is 76.0 Å². The largest absolute Gasteiger partial charge is 0.353 e. The molecule has 4 heterocycles. The molecule has 2 aromatic heterocycles. The summed E-state index contributed by atoms with van der Waals surface area (Å²) < 4.78 is 13.9. The van der Waals surface area contributed by atoms with E-state index < -0.39 is 5.82 Å². The van der Waals surface area contributed by atoms with Crippen LogP contribution in [0.5, 0.6) is 0 Å². The summed E-state index contributed by atoms with van der Waals surface area (Å²) in [6, 6.07) is 13.5. The molecular formula is C24H24FN5O. The zero-order valence-corrected chi connectivity index (χ0v) is 17.2. The van der Waals surface area contributed by atoms with Gasteiger partial charge in [-0.2, -0.15) is 5.26 Å². The third-order valence-electron chi connectivity index (χ3n) is 6.57. The van der Waals surface area contributed by atoms with Crippen LogP contribution in [0.15, 0.2) is 47.4 Å². The number of rotatable bonds is 5. The fraction of sp³-hybridized carbons (Fsp3) is 0.375. The Morgan fingerprint density at radius 1 is 1.19 bits per heavy atom. The van der Waals surface area contributed by atoms with Gasteiger partial charge in [0.05, 0.1) is 10.9 Å². The Hall–Kier alpha value is -3.24. The summed E-state index contributed by atoms with van der Waals surface area (Å²) in [6.07, 6.45) is 5.71. The second-order valence-electron chi connectivity index (χ2n) is 8.48. The van der Waals surface area contributed by atoms with Crippen molar-refractivity contribution in [3.05, 3.63) is 70.0 Å². The smallest absolute Gasteiger partial charge is 0.258 e. The molecule has 6 nitrogen and oxygen atoms in total. The molecule has 0 radical (unpaired) electrons. The van der Waals surface area contributed by atoms with Crippen LogP contribution in [0.1, 0.15) is 30.5 Å². The van der Waals surface area contributed by atoms with Gasteiger partial charge in [0.1, 0.15) is 17.7 Å². The molecule has 2 saturated heterocycles. The van der Waals surface area contributed by atoms with Crippen molar-refractivity contribution in [2.75, 3.05) is 24.5 Å². The third kappa shape index (κ3) is 3.79. The highest BCUT2D eigenvalue weighted by Crippen LogP contribution is 2.32. The average molecular weight is 417 g/mol. The summed E-state index contributed by atoms with van der Waals surface area (Å²) in [5, 5.41) is 9.76. The number of nitriles is 1. The molecule has 0 amide bonds. The predicted octanol–water partition coefficient (Wildman–Crippen LogP) is 3.22. The molecule has 2 unspecified atom stereocenters. The minimum Gasteiger partial charge on any atom is -0.353 e. The SMILES string of the molecule is N#Cc1ccc(N2CC3CCC(C2)N3CCCc2cc3cccc(F)c3c(=O)[nH]2)nc1. The van der Waals surface area contributed by atoms with E-state index in [1.165, 1.54) is 18.9 Å². The standard InChI is InChI=1S/C24H24FN5O/c25-21-5-1-3-17-11-18(28-24(31)23(17)21)4-2-10-30-19-7-8-20(30)15-29(14-19)22-9-6-16(12-26)13-27-22/h1,3,5-6,9,11,13,19-20H,2,4,7-8,10,14-15H2,(H,28,31). The first kappa shape index (κ1) is 19.7. The molecular weight excluding hydrogens is 393 g/mol. The minimum absolute atomic E-state index is 0.136. The molecule has 1 N–H and O–H groups in total. The average Bonchev–Trinajstić information content (AvgIpc) is 3.01. The van der Waals surface area contributed by atoms with Crippen LogP contribution in [-0.2, 0) is 6.42 Å². The first-order chi connectivity index (χ1) is 15.1. The van der Waals surface area contributed by atoms with E-state index in [0.717, 1.165) is 44.0 Å². The molecule has 2 aliphatic heterocycles. The Morgan fingerprint density at radius 3 is 2.71 bits per heavy atom. The Kier molecular flexibility index (Phi) is 5.16. The molecule has 5 rings (SSSR count). The van der Waals surface area contributed by atoms with Crippen molar-refractivity contribution in [1.82, 2.24) is 14.9 Å². The van der Waals surface area contributed by atoms with Gasteiger partial charge in [0.15, 0.2) is 0 Å². The lowest BCUT2D eigenvalue weighted by atomic mass is 10.1. The van der Waals surface area contributed by atoms with E-state index in [1.807, 2.05) is 18.2 Å². The molecule has 2 atom stereocenters. The zero-order chi connectivity index (χ0) is 21.4. The second kappa shape index (κ2) is 8.12. The number of nitrogens with one attached hydrogen (secondary N) is 1. The van der Waals surface area contributed by atoms with Gasteiger partial charge in [-0.15, -0.1) is 0 Å². The van der Waals surface area contributed by atoms with Crippen molar-refractivity contribution in [3.8, 4) is 6.07 Å². The van der Waals surface area contributed by atoms with Gasteiger partial charge in [-0.3, -0.25) is 9.69 Å². The summed E-state index contributed by atoms with van der Waals surface area (Å²) in [7, 11) is 0. The molecule has 1 aromatic carbocycles. The lowest BCUT2D eigenvalue weighted by Crippen LogP contribution is -2.54. The van der Waals surface area contributed by atoms with E-state index in [9.17, 15) is 9.18 Å². The number of H-pyrrole nitrogens is 1. The fourth-order valence-corrected chi connectivity index (χ4v) is 5.10. The highest BCUT2D eigenvalue weighted by Gasteiger charge is 2.39. The zero-order valence-electron chi connectivity index (χ0n) is 17.2. The third-order valence-corrected chi connectivity index (χ3v) is 6.57. The first-order valence-corrected chi connectivity index (χ1v) is 10.8. The molecule has 0 spiro atoms. The summed E-state index contributed by atoms with van der Waals surface area (Å²) in [6.45, 7) is 2.87. The van der Waals surface area contributed by atoms with Crippen molar-refractivity contribution in [2.24, 2.45) is 0 Å². The van der Waals surface area contributed by atoms with Crippen LogP contribution in [0.3, 0.4) is 0 Å². The van der Waals surface area contributed by atoms with Crippen LogP contribution in [0.25, 0.3) is 10.8 Å². The monoisotopic (exact) mass is 417 g/mol. The Balaban J connectivity index is 1.22. The Bertz CT molecular complexity index is 1190. The summed E-state index contributed by atoms with van der Waals surface area (Å²) in [5.41, 5.74) is 1.09. The van der Waals surface area contributed by atoms with Crippen LogP contribution in [0, 0.1) is 17.1 Å². The highest BCUT2D eigenvalue weighted by molar-refractivity contribution is 5.82. The number of fused-ring (bicyclic) bond motifs is 3. The molecule has 31 heavy (non-hydrogen) atoms. The van der Waals surface area contributed by atoms with Gasteiger partial charge in [0.25, 0.3) is 5.56 Å². The van der Waals surface area contributed by atoms with Gasteiger partial charge >= 0.3 is 0 Å². The first-order valence-electron chi connectivity index (χ1n) is 10.8. The minimum atomic E-state index is -0.475. The maximum Gasteiger partial charge on any atom is 0.258 e. The van der Waals surface area contributed by atoms with E-state index in [4.69, 9.17) is 5.26 Å². The number of benzene rings is 1. The van der Waals surface area contributed by atoms with Gasteiger partial charge in [0.2, 0.25) is 0 Å². The number of aryl methyl sites for hydroxylation is 1. The lowest BCUT2D eigenvalue weighted by Gasteiger charge is -2.41. The van der Waals surface area contributed by atoms with Crippen molar-refractivity contribution in [3.63, 3.8) is 0 Å². The van der Waals surface area contributed by atoms with Crippen molar-refractivity contribution >= 4 is 16.6 Å².